The highest BCUT2D eigenvalue weighted by Gasteiger charge is 2.34. The molecular weight excluding hydrogens is 224 g/mol. The SMILES string of the molecule is CC(C)CC(C)(NCC(C)(C)C)C(=O)NC(C)C. The van der Waals surface area contributed by atoms with Crippen molar-refractivity contribution >= 4 is 5.91 Å². The third kappa shape index (κ3) is 7.00. The first-order valence-corrected chi connectivity index (χ1v) is 7.02. The Bertz CT molecular complexity index is 266. The highest BCUT2D eigenvalue weighted by Crippen LogP contribution is 2.20. The zero-order valence-corrected chi connectivity index (χ0v) is 13.5. The first-order chi connectivity index (χ1) is 7.96. The first-order valence-electron chi connectivity index (χ1n) is 7.02. The van der Waals surface area contributed by atoms with E-state index in [0.717, 1.165) is 13.0 Å². The normalized spacial score (nSPS) is 15.9. The molecule has 0 heterocycles. The summed E-state index contributed by atoms with van der Waals surface area (Å²) in [6.07, 6.45) is 0.849. The van der Waals surface area contributed by atoms with Gasteiger partial charge in [-0.05, 0) is 38.5 Å². The number of carbonyl (C=O) groups excluding carboxylic acids is 1. The third-order valence-corrected chi connectivity index (χ3v) is 2.75. The molecule has 0 saturated carbocycles. The standard InChI is InChI=1S/C15H32N2O/c1-11(2)9-15(8,13(18)17-12(3)4)16-10-14(5,6)7/h11-12,16H,9-10H2,1-8H3,(H,17,18). The van der Waals surface area contributed by atoms with E-state index in [4.69, 9.17) is 0 Å². The molecule has 0 aromatic heterocycles. The van der Waals surface area contributed by atoms with Gasteiger partial charge in [0.05, 0.1) is 5.54 Å². The summed E-state index contributed by atoms with van der Waals surface area (Å²) in [7, 11) is 0. The van der Waals surface area contributed by atoms with Crippen molar-refractivity contribution in [1.29, 1.82) is 0 Å². The number of hydrogen-bond acceptors (Lipinski definition) is 2. The molecule has 0 rings (SSSR count). The second kappa shape index (κ2) is 6.55. The lowest BCUT2D eigenvalue weighted by Gasteiger charge is -2.35. The molecular formula is C15H32N2O. The Labute approximate surface area is 113 Å². The molecule has 0 aliphatic rings. The lowest BCUT2D eigenvalue weighted by Crippen LogP contribution is -2.58. The summed E-state index contributed by atoms with van der Waals surface area (Å²) in [6.45, 7) is 17.7. The molecule has 0 aromatic carbocycles. The summed E-state index contributed by atoms with van der Waals surface area (Å²) in [5.41, 5.74) is -0.304. The van der Waals surface area contributed by atoms with Crippen molar-refractivity contribution < 1.29 is 4.79 Å². The first kappa shape index (κ1) is 17.4. The number of nitrogens with one attached hydrogen (secondary N) is 2. The maximum Gasteiger partial charge on any atom is 0.240 e. The minimum absolute atomic E-state index is 0.107. The molecule has 0 saturated heterocycles. The van der Waals surface area contributed by atoms with Gasteiger partial charge in [-0.2, -0.15) is 0 Å². The molecule has 0 aliphatic carbocycles. The van der Waals surface area contributed by atoms with Crippen molar-refractivity contribution in [1.82, 2.24) is 10.6 Å². The molecule has 0 bridgehead atoms. The van der Waals surface area contributed by atoms with Crippen molar-refractivity contribution in [2.75, 3.05) is 6.54 Å². The van der Waals surface area contributed by atoms with Gasteiger partial charge in [0.2, 0.25) is 5.91 Å². The molecule has 0 fully saturated rings. The molecule has 0 aliphatic heterocycles. The summed E-state index contributed by atoms with van der Waals surface area (Å²) in [5.74, 6) is 0.593. The number of hydrogen-bond donors (Lipinski definition) is 2. The van der Waals surface area contributed by atoms with Crippen LogP contribution >= 0.6 is 0 Å². The van der Waals surface area contributed by atoms with E-state index in [0.29, 0.717) is 5.92 Å². The van der Waals surface area contributed by atoms with Crippen LogP contribution in [0.25, 0.3) is 0 Å². The third-order valence-electron chi connectivity index (χ3n) is 2.75. The smallest absolute Gasteiger partial charge is 0.240 e. The Morgan fingerprint density at radius 1 is 1.06 bits per heavy atom. The van der Waals surface area contributed by atoms with Gasteiger partial charge >= 0.3 is 0 Å². The Morgan fingerprint density at radius 3 is 1.89 bits per heavy atom. The van der Waals surface area contributed by atoms with Gasteiger partial charge in [-0.3, -0.25) is 4.79 Å². The predicted molar refractivity (Wildman–Crippen MR) is 78.6 cm³/mol. The van der Waals surface area contributed by atoms with Crippen molar-refractivity contribution in [2.45, 2.75) is 73.4 Å². The van der Waals surface area contributed by atoms with Crippen LogP contribution in [0.5, 0.6) is 0 Å². The molecule has 18 heavy (non-hydrogen) atoms. The van der Waals surface area contributed by atoms with E-state index in [1.54, 1.807) is 0 Å². The van der Waals surface area contributed by atoms with Gasteiger partial charge in [-0.1, -0.05) is 34.6 Å². The predicted octanol–water partition coefficient (Wildman–Crippen LogP) is 2.95. The van der Waals surface area contributed by atoms with Crippen LogP contribution in [-0.2, 0) is 4.79 Å². The molecule has 0 aromatic rings. The Balaban J connectivity index is 4.77. The van der Waals surface area contributed by atoms with Crippen molar-refractivity contribution in [3.8, 4) is 0 Å². The topological polar surface area (TPSA) is 41.1 Å². The van der Waals surface area contributed by atoms with Gasteiger partial charge in [-0.25, -0.2) is 0 Å². The summed E-state index contributed by atoms with van der Waals surface area (Å²) in [4.78, 5) is 12.4. The molecule has 0 radical (unpaired) electrons. The minimum Gasteiger partial charge on any atom is -0.352 e. The molecule has 108 valence electrons. The molecule has 1 amide bonds. The maximum atomic E-state index is 12.4. The van der Waals surface area contributed by atoms with E-state index in [9.17, 15) is 4.79 Å². The fraction of sp³-hybridized carbons (Fsp3) is 0.933. The molecule has 1 unspecified atom stereocenters. The monoisotopic (exact) mass is 256 g/mol. The highest BCUT2D eigenvalue weighted by molar-refractivity contribution is 5.86. The van der Waals surface area contributed by atoms with Crippen LogP contribution < -0.4 is 10.6 Å². The van der Waals surface area contributed by atoms with Gasteiger partial charge in [0.15, 0.2) is 0 Å². The molecule has 3 heteroatoms. The van der Waals surface area contributed by atoms with Gasteiger partial charge in [0, 0.05) is 12.6 Å². The zero-order valence-electron chi connectivity index (χ0n) is 13.5. The van der Waals surface area contributed by atoms with Gasteiger partial charge < -0.3 is 10.6 Å². The largest absolute Gasteiger partial charge is 0.352 e. The fourth-order valence-corrected chi connectivity index (χ4v) is 1.94. The van der Waals surface area contributed by atoms with Crippen LogP contribution in [0.4, 0.5) is 0 Å². The van der Waals surface area contributed by atoms with Gasteiger partial charge in [0.1, 0.15) is 0 Å². The van der Waals surface area contributed by atoms with Crippen LogP contribution in [0.2, 0.25) is 0 Å². The quantitative estimate of drug-likeness (QED) is 0.767. The van der Waals surface area contributed by atoms with Gasteiger partial charge in [-0.15, -0.1) is 0 Å². The fourth-order valence-electron chi connectivity index (χ4n) is 1.94. The highest BCUT2D eigenvalue weighted by atomic mass is 16.2. The van der Waals surface area contributed by atoms with E-state index in [1.165, 1.54) is 0 Å². The molecule has 1 atom stereocenters. The lowest BCUT2D eigenvalue weighted by atomic mass is 9.87. The number of carbonyl (C=O) groups is 1. The van der Waals surface area contributed by atoms with Crippen molar-refractivity contribution in [3.63, 3.8) is 0 Å². The average molecular weight is 256 g/mol. The van der Waals surface area contributed by atoms with Gasteiger partial charge in [0.25, 0.3) is 0 Å². The van der Waals surface area contributed by atoms with Crippen LogP contribution in [0, 0.1) is 11.3 Å². The Morgan fingerprint density at radius 2 is 1.56 bits per heavy atom. The second-order valence-electron chi connectivity index (χ2n) is 7.47. The van der Waals surface area contributed by atoms with E-state index >= 15 is 0 Å². The lowest BCUT2D eigenvalue weighted by molar-refractivity contribution is -0.128. The van der Waals surface area contributed by atoms with Crippen molar-refractivity contribution in [3.05, 3.63) is 0 Å². The summed E-state index contributed by atoms with van der Waals surface area (Å²) in [6, 6.07) is 0.181. The average Bonchev–Trinajstić information content (AvgIpc) is 2.11. The summed E-state index contributed by atoms with van der Waals surface area (Å²) < 4.78 is 0. The zero-order chi connectivity index (χ0) is 14.6. The van der Waals surface area contributed by atoms with Crippen LogP contribution in [0.3, 0.4) is 0 Å². The number of rotatable bonds is 6. The second-order valence-corrected chi connectivity index (χ2v) is 7.47. The Kier molecular flexibility index (Phi) is 6.35. The van der Waals surface area contributed by atoms with E-state index in [2.05, 4.69) is 45.3 Å². The summed E-state index contributed by atoms with van der Waals surface area (Å²) in [5, 5.41) is 6.48. The van der Waals surface area contributed by atoms with Crippen LogP contribution in [0.15, 0.2) is 0 Å². The summed E-state index contributed by atoms with van der Waals surface area (Å²) >= 11 is 0. The number of amides is 1. The van der Waals surface area contributed by atoms with E-state index < -0.39 is 5.54 Å². The van der Waals surface area contributed by atoms with Crippen LogP contribution in [-0.4, -0.2) is 24.0 Å². The molecule has 0 spiro atoms. The van der Waals surface area contributed by atoms with E-state index in [1.807, 2.05) is 20.8 Å². The minimum atomic E-state index is -0.480. The van der Waals surface area contributed by atoms with Crippen LogP contribution in [0.1, 0.15) is 61.8 Å². The van der Waals surface area contributed by atoms with Crippen molar-refractivity contribution in [2.24, 2.45) is 11.3 Å². The van der Waals surface area contributed by atoms with E-state index in [-0.39, 0.29) is 17.4 Å². The Hall–Kier alpha value is -0.570. The molecule has 2 N–H and O–H groups in total. The molecule has 3 nitrogen and oxygen atoms in total. The maximum absolute atomic E-state index is 12.4.